The Morgan fingerprint density at radius 1 is 1.35 bits per heavy atom. The molecule has 1 atom stereocenters. The van der Waals surface area contributed by atoms with E-state index in [1.807, 2.05) is 5.32 Å². The predicted molar refractivity (Wildman–Crippen MR) is 55.3 cm³/mol. The summed E-state index contributed by atoms with van der Waals surface area (Å²) in [7, 11) is 0. The maximum absolute atomic E-state index is 12.6. The number of carbonyl (C=O) groups excluding carboxylic acids is 1. The summed E-state index contributed by atoms with van der Waals surface area (Å²) >= 11 is 10.8. The molecule has 1 aromatic carbocycles. The van der Waals surface area contributed by atoms with E-state index in [2.05, 4.69) is 4.74 Å². The van der Waals surface area contributed by atoms with E-state index in [1.54, 1.807) is 0 Å². The summed E-state index contributed by atoms with van der Waals surface area (Å²) in [5.74, 6) is -1.69. The highest BCUT2D eigenvalue weighted by molar-refractivity contribution is 6.37. The molecule has 2 rings (SSSR count). The Morgan fingerprint density at radius 2 is 2.00 bits per heavy atom. The molecule has 1 amide bonds. The molecule has 0 spiro atoms. The van der Waals surface area contributed by atoms with Crippen molar-refractivity contribution in [2.75, 3.05) is 5.32 Å². The number of halogens is 5. The van der Waals surface area contributed by atoms with Crippen molar-refractivity contribution in [3.8, 4) is 5.75 Å². The molecule has 92 valence electrons. The average Bonchev–Trinajstić information content (AvgIpc) is 2.19. The van der Waals surface area contributed by atoms with Gasteiger partial charge in [-0.25, -0.2) is 0 Å². The van der Waals surface area contributed by atoms with Gasteiger partial charge in [-0.3, -0.25) is 4.79 Å². The van der Waals surface area contributed by atoms with E-state index in [4.69, 9.17) is 23.2 Å². The first-order valence-electron chi connectivity index (χ1n) is 4.30. The van der Waals surface area contributed by atoms with Gasteiger partial charge in [0, 0.05) is 5.02 Å². The van der Waals surface area contributed by atoms with E-state index in [0.717, 1.165) is 0 Å². The molecule has 1 heterocycles. The third kappa shape index (κ3) is 1.91. The van der Waals surface area contributed by atoms with Crippen LogP contribution in [0.2, 0.25) is 5.02 Å². The monoisotopic (exact) mass is 285 g/mol. The lowest BCUT2D eigenvalue weighted by Gasteiger charge is -2.33. The number of amides is 1. The van der Waals surface area contributed by atoms with Gasteiger partial charge in [0.15, 0.2) is 0 Å². The van der Waals surface area contributed by atoms with Crippen LogP contribution in [0.5, 0.6) is 5.75 Å². The van der Waals surface area contributed by atoms with Gasteiger partial charge in [-0.15, -0.1) is 0 Å². The summed E-state index contributed by atoms with van der Waals surface area (Å²) in [6, 6.07) is 3.78. The van der Waals surface area contributed by atoms with Crippen molar-refractivity contribution < 1.29 is 22.7 Å². The largest absolute Gasteiger partial charge is 0.453 e. The van der Waals surface area contributed by atoms with Crippen LogP contribution in [0.1, 0.15) is 0 Å². The molecule has 0 aromatic heterocycles. The van der Waals surface area contributed by atoms with Crippen LogP contribution in [-0.4, -0.2) is 17.1 Å². The van der Waals surface area contributed by atoms with Gasteiger partial charge in [0.1, 0.15) is 5.75 Å². The molecular formula is C9H4Cl2F3NO2. The smallest absolute Gasteiger partial charge is 0.453 e. The van der Waals surface area contributed by atoms with Crippen molar-refractivity contribution in [3.63, 3.8) is 0 Å². The van der Waals surface area contributed by atoms with Crippen molar-refractivity contribution in [3.05, 3.63) is 23.2 Å². The zero-order chi connectivity index (χ0) is 12.8. The maximum Gasteiger partial charge on any atom is 0.453 e. The summed E-state index contributed by atoms with van der Waals surface area (Å²) in [6.45, 7) is 0. The third-order valence-electron chi connectivity index (χ3n) is 2.10. The predicted octanol–water partition coefficient (Wildman–Crippen LogP) is 3.17. The molecule has 0 saturated heterocycles. The fourth-order valence-corrected chi connectivity index (χ4v) is 1.58. The van der Waals surface area contributed by atoms with Crippen LogP contribution < -0.4 is 10.1 Å². The van der Waals surface area contributed by atoms with Crippen LogP contribution in [0.3, 0.4) is 0 Å². The molecule has 1 N–H and O–H groups in total. The zero-order valence-electron chi connectivity index (χ0n) is 7.94. The second kappa shape index (κ2) is 3.68. The molecule has 0 unspecified atom stereocenters. The van der Waals surface area contributed by atoms with Crippen molar-refractivity contribution >= 4 is 34.8 Å². The van der Waals surface area contributed by atoms with Gasteiger partial charge in [-0.1, -0.05) is 23.2 Å². The fourth-order valence-electron chi connectivity index (χ4n) is 1.28. The maximum atomic E-state index is 12.6. The fraction of sp³-hybridized carbons (Fsp3) is 0.222. The first-order chi connectivity index (χ1) is 7.74. The Kier molecular flexibility index (Phi) is 2.67. The highest BCUT2D eigenvalue weighted by Crippen LogP contribution is 2.44. The van der Waals surface area contributed by atoms with Crippen molar-refractivity contribution in [1.29, 1.82) is 0 Å². The van der Waals surface area contributed by atoms with Crippen LogP contribution >= 0.6 is 23.2 Å². The number of benzene rings is 1. The van der Waals surface area contributed by atoms with Gasteiger partial charge in [0.25, 0.3) is 5.91 Å². The number of alkyl halides is 4. The highest BCUT2D eigenvalue weighted by atomic mass is 35.5. The quantitative estimate of drug-likeness (QED) is 0.744. The molecular weight excluding hydrogens is 282 g/mol. The molecule has 3 nitrogen and oxygen atoms in total. The van der Waals surface area contributed by atoms with Gasteiger partial charge in [0.05, 0.1) is 5.69 Å². The molecule has 17 heavy (non-hydrogen) atoms. The lowest BCUT2D eigenvalue weighted by Crippen LogP contribution is -2.56. The van der Waals surface area contributed by atoms with Crippen molar-refractivity contribution in [1.82, 2.24) is 0 Å². The Balaban J connectivity index is 2.47. The second-order valence-corrected chi connectivity index (χ2v) is 4.26. The summed E-state index contributed by atoms with van der Waals surface area (Å²) in [5.41, 5.74) is 0.0445. The van der Waals surface area contributed by atoms with Crippen LogP contribution in [0.25, 0.3) is 0 Å². The molecule has 1 aliphatic rings. The van der Waals surface area contributed by atoms with E-state index < -0.39 is 17.1 Å². The molecule has 0 saturated carbocycles. The Morgan fingerprint density at radius 3 is 2.59 bits per heavy atom. The standard InChI is InChI=1S/C9H4Cl2F3NO2/c10-4-1-2-6-5(3-4)15-7(16)8(11,17-6)9(12,13)14/h1-3H,(H,15,16)/t8-/m1/s1. The van der Waals surface area contributed by atoms with Crippen molar-refractivity contribution in [2.45, 2.75) is 11.2 Å². The molecule has 0 radical (unpaired) electrons. The minimum Gasteiger partial charge on any atom is -0.453 e. The number of fused-ring (bicyclic) bond motifs is 1. The van der Waals surface area contributed by atoms with Crippen LogP contribution in [0.15, 0.2) is 18.2 Å². The number of nitrogens with one attached hydrogen (secondary N) is 1. The normalized spacial score (nSPS) is 23.7. The first-order valence-corrected chi connectivity index (χ1v) is 5.05. The van der Waals surface area contributed by atoms with Gasteiger partial charge in [-0.2, -0.15) is 13.2 Å². The number of carbonyl (C=O) groups is 1. The summed E-state index contributed by atoms with van der Waals surface area (Å²) in [4.78, 5) is 11.3. The number of ether oxygens (including phenoxy) is 1. The molecule has 0 aliphatic carbocycles. The Labute approximate surface area is 103 Å². The minimum absolute atomic E-state index is 0.0445. The summed E-state index contributed by atoms with van der Waals surface area (Å²) in [5, 5.41) is -1.16. The molecule has 0 bridgehead atoms. The van der Waals surface area contributed by atoms with Gasteiger partial charge < -0.3 is 10.1 Å². The first kappa shape index (κ1) is 12.3. The number of hydrogen-bond acceptors (Lipinski definition) is 2. The van der Waals surface area contributed by atoms with Gasteiger partial charge in [-0.05, 0) is 18.2 Å². The van der Waals surface area contributed by atoms with Crippen LogP contribution in [0.4, 0.5) is 18.9 Å². The van der Waals surface area contributed by atoms with Crippen LogP contribution in [0, 0.1) is 0 Å². The van der Waals surface area contributed by atoms with E-state index in [9.17, 15) is 18.0 Å². The minimum atomic E-state index is -5.03. The Bertz CT molecular complexity index is 492. The summed E-state index contributed by atoms with van der Waals surface area (Å²) in [6.07, 6.45) is -5.03. The Hall–Kier alpha value is -1.14. The lowest BCUT2D eigenvalue weighted by atomic mass is 10.2. The zero-order valence-corrected chi connectivity index (χ0v) is 9.45. The SMILES string of the molecule is O=C1Nc2cc(Cl)ccc2O[C@@]1(Cl)C(F)(F)F. The van der Waals surface area contributed by atoms with Gasteiger partial charge in [0.2, 0.25) is 0 Å². The van der Waals surface area contributed by atoms with Crippen LogP contribution in [-0.2, 0) is 4.79 Å². The molecule has 1 aromatic rings. The summed E-state index contributed by atoms with van der Waals surface area (Å²) < 4.78 is 42.3. The average molecular weight is 286 g/mol. The number of hydrogen-bond donors (Lipinski definition) is 1. The highest BCUT2D eigenvalue weighted by Gasteiger charge is 2.64. The van der Waals surface area contributed by atoms with Gasteiger partial charge >= 0.3 is 11.2 Å². The molecule has 8 heteroatoms. The third-order valence-corrected chi connectivity index (χ3v) is 2.80. The van der Waals surface area contributed by atoms with E-state index in [0.29, 0.717) is 0 Å². The number of rotatable bonds is 0. The van der Waals surface area contributed by atoms with E-state index >= 15 is 0 Å². The second-order valence-electron chi connectivity index (χ2n) is 3.29. The lowest BCUT2D eigenvalue weighted by molar-refractivity contribution is -0.212. The number of anilines is 1. The topological polar surface area (TPSA) is 38.3 Å². The molecule has 0 fully saturated rings. The van der Waals surface area contributed by atoms with Crippen molar-refractivity contribution in [2.24, 2.45) is 0 Å². The molecule has 1 aliphatic heterocycles. The van der Waals surface area contributed by atoms with E-state index in [1.165, 1.54) is 18.2 Å². The van der Waals surface area contributed by atoms with E-state index in [-0.39, 0.29) is 16.5 Å².